The Morgan fingerprint density at radius 3 is 2.85 bits per heavy atom. The van der Waals surface area contributed by atoms with E-state index in [2.05, 4.69) is 5.32 Å². The summed E-state index contributed by atoms with van der Waals surface area (Å²) in [5.74, 6) is 0.672. The third-order valence-electron chi connectivity index (χ3n) is 2.92. The Hall–Kier alpha value is -1.65. The Labute approximate surface area is 125 Å². The minimum atomic E-state index is -0.471. The maximum Gasteiger partial charge on any atom is 0.231 e. The van der Waals surface area contributed by atoms with Crippen LogP contribution in [0.4, 0.5) is 10.1 Å². The molecule has 0 atom stereocenters. The molecule has 0 radical (unpaired) electrons. The number of benzene rings is 2. The average Bonchev–Trinajstić information content (AvgIpc) is 2.89. The van der Waals surface area contributed by atoms with E-state index in [1.807, 2.05) is 6.07 Å². The van der Waals surface area contributed by atoms with Crippen LogP contribution in [0.15, 0.2) is 30.3 Å². The van der Waals surface area contributed by atoms with Crippen molar-refractivity contribution in [2.45, 2.75) is 6.54 Å². The first kappa shape index (κ1) is 13.3. The molecule has 1 N–H and O–H groups in total. The Kier molecular flexibility index (Phi) is 3.59. The molecule has 6 heteroatoms. The lowest BCUT2D eigenvalue weighted by atomic mass is 10.2. The van der Waals surface area contributed by atoms with Crippen LogP contribution < -0.4 is 14.8 Å². The zero-order valence-electron chi connectivity index (χ0n) is 10.3. The summed E-state index contributed by atoms with van der Waals surface area (Å²) in [7, 11) is 0. The van der Waals surface area contributed by atoms with Crippen LogP contribution in [0.2, 0.25) is 10.0 Å². The van der Waals surface area contributed by atoms with Crippen LogP contribution in [0.1, 0.15) is 5.56 Å². The fraction of sp³-hybridized carbons (Fsp3) is 0.143. The molecule has 2 aromatic rings. The van der Waals surface area contributed by atoms with Gasteiger partial charge < -0.3 is 14.8 Å². The first-order valence-corrected chi connectivity index (χ1v) is 6.66. The van der Waals surface area contributed by atoms with E-state index in [1.54, 1.807) is 18.2 Å². The smallest absolute Gasteiger partial charge is 0.231 e. The van der Waals surface area contributed by atoms with Crippen LogP contribution in [-0.4, -0.2) is 6.79 Å². The fourth-order valence-electron chi connectivity index (χ4n) is 1.96. The van der Waals surface area contributed by atoms with Crippen LogP contribution in [0, 0.1) is 5.82 Å². The number of nitrogens with one attached hydrogen (secondary N) is 1. The molecule has 0 spiro atoms. The molecule has 0 bridgehead atoms. The standard InChI is InChI=1S/C14H10Cl2FNO2/c15-9-2-1-3-11(13(9)17)18-6-8-4-10(16)14-12(5-8)19-7-20-14/h1-5,18H,6-7H2. The van der Waals surface area contributed by atoms with Crippen LogP contribution in [0.3, 0.4) is 0 Å². The Morgan fingerprint density at radius 1 is 1.15 bits per heavy atom. The van der Waals surface area contributed by atoms with Crippen molar-refractivity contribution in [3.63, 3.8) is 0 Å². The van der Waals surface area contributed by atoms with Gasteiger partial charge in [-0.2, -0.15) is 0 Å². The van der Waals surface area contributed by atoms with Gasteiger partial charge in [0.2, 0.25) is 6.79 Å². The summed E-state index contributed by atoms with van der Waals surface area (Å²) < 4.78 is 24.3. The fourth-order valence-corrected chi connectivity index (χ4v) is 2.42. The van der Waals surface area contributed by atoms with Crippen molar-refractivity contribution in [1.29, 1.82) is 0 Å². The quantitative estimate of drug-likeness (QED) is 0.906. The van der Waals surface area contributed by atoms with E-state index in [4.69, 9.17) is 32.7 Å². The number of ether oxygens (including phenoxy) is 2. The number of rotatable bonds is 3. The van der Waals surface area contributed by atoms with Gasteiger partial charge in [0.25, 0.3) is 0 Å². The average molecular weight is 314 g/mol. The highest BCUT2D eigenvalue weighted by atomic mass is 35.5. The van der Waals surface area contributed by atoms with Crippen molar-refractivity contribution >= 4 is 28.9 Å². The molecule has 0 aliphatic carbocycles. The summed E-state index contributed by atoms with van der Waals surface area (Å²) in [6.45, 7) is 0.558. The van der Waals surface area contributed by atoms with Crippen molar-refractivity contribution in [1.82, 2.24) is 0 Å². The number of hydrogen-bond acceptors (Lipinski definition) is 3. The van der Waals surface area contributed by atoms with Gasteiger partial charge in [-0.25, -0.2) is 4.39 Å². The molecule has 1 heterocycles. The Bertz CT molecular complexity index is 664. The normalized spacial score (nSPS) is 12.6. The lowest BCUT2D eigenvalue weighted by Gasteiger charge is -2.09. The van der Waals surface area contributed by atoms with Crippen molar-refractivity contribution in [2.75, 3.05) is 12.1 Å². The highest BCUT2D eigenvalue weighted by molar-refractivity contribution is 6.32. The summed E-state index contributed by atoms with van der Waals surface area (Å²) >= 11 is 11.8. The summed E-state index contributed by atoms with van der Waals surface area (Å²) in [6, 6.07) is 8.36. The van der Waals surface area contributed by atoms with E-state index in [0.29, 0.717) is 28.8 Å². The molecule has 0 fully saturated rings. The molecule has 1 aliphatic rings. The van der Waals surface area contributed by atoms with Gasteiger partial charge in [0.1, 0.15) is 0 Å². The molecule has 104 valence electrons. The third-order valence-corrected chi connectivity index (χ3v) is 3.49. The second-order valence-corrected chi connectivity index (χ2v) is 5.08. The molecule has 3 nitrogen and oxygen atoms in total. The minimum Gasteiger partial charge on any atom is -0.454 e. The highest BCUT2D eigenvalue weighted by Crippen LogP contribution is 2.40. The molecule has 0 amide bonds. The highest BCUT2D eigenvalue weighted by Gasteiger charge is 2.18. The maximum absolute atomic E-state index is 13.7. The van der Waals surface area contributed by atoms with Gasteiger partial charge >= 0.3 is 0 Å². The molecule has 2 aromatic carbocycles. The maximum atomic E-state index is 13.7. The molecule has 0 unspecified atom stereocenters. The molecule has 0 aromatic heterocycles. The van der Waals surface area contributed by atoms with Crippen molar-refractivity contribution in [3.8, 4) is 11.5 Å². The second kappa shape index (κ2) is 5.38. The molecule has 3 rings (SSSR count). The summed E-state index contributed by atoms with van der Waals surface area (Å²) in [6.07, 6.45) is 0. The molecule has 0 saturated carbocycles. The summed E-state index contributed by atoms with van der Waals surface area (Å²) in [5, 5.41) is 3.53. The first-order chi connectivity index (χ1) is 9.65. The second-order valence-electron chi connectivity index (χ2n) is 4.27. The SMILES string of the molecule is Fc1c(Cl)cccc1NCc1cc(Cl)c2c(c1)OCO2. The van der Waals surface area contributed by atoms with Crippen molar-refractivity contribution in [2.24, 2.45) is 0 Å². The first-order valence-electron chi connectivity index (χ1n) is 5.91. The Balaban J connectivity index is 1.79. The van der Waals surface area contributed by atoms with Gasteiger partial charge in [-0.15, -0.1) is 0 Å². The molecule has 20 heavy (non-hydrogen) atoms. The van der Waals surface area contributed by atoms with Crippen LogP contribution in [-0.2, 0) is 6.54 Å². The largest absolute Gasteiger partial charge is 0.454 e. The summed E-state index contributed by atoms with van der Waals surface area (Å²) in [4.78, 5) is 0. The number of halogens is 3. The van der Waals surface area contributed by atoms with E-state index in [9.17, 15) is 4.39 Å². The molecule has 0 saturated heterocycles. The van der Waals surface area contributed by atoms with E-state index < -0.39 is 5.82 Å². The third kappa shape index (κ3) is 2.49. The number of fused-ring (bicyclic) bond motifs is 1. The van der Waals surface area contributed by atoms with Gasteiger partial charge in [0.05, 0.1) is 15.7 Å². The van der Waals surface area contributed by atoms with E-state index >= 15 is 0 Å². The predicted molar refractivity (Wildman–Crippen MR) is 76.3 cm³/mol. The summed E-state index contributed by atoms with van der Waals surface area (Å²) in [5.41, 5.74) is 1.20. The zero-order valence-corrected chi connectivity index (χ0v) is 11.8. The van der Waals surface area contributed by atoms with Gasteiger partial charge in [-0.3, -0.25) is 0 Å². The van der Waals surface area contributed by atoms with Crippen molar-refractivity contribution in [3.05, 3.63) is 51.8 Å². The van der Waals surface area contributed by atoms with Gasteiger partial charge in [-0.05, 0) is 29.8 Å². The van der Waals surface area contributed by atoms with Crippen LogP contribution in [0.25, 0.3) is 0 Å². The molecular formula is C14H10Cl2FNO2. The van der Waals surface area contributed by atoms with Gasteiger partial charge in [0.15, 0.2) is 17.3 Å². The molecule has 1 aliphatic heterocycles. The van der Waals surface area contributed by atoms with Crippen molar-refractivity contribution < 1.29 is 13.9 Å². The number of hydrogen-bond donors (Lipinski definition) is 1. The van der Waals surface area contributed by atoms with Crippen LogP contribution >= 0.6 is 23.2 Å². The minimum absolute atomic E-state index is 0.0821. The van der Waals surface area contributed by atoms with Gasteiger partial charge in [-0.1, -0.05) is 29.3 Å². The Morgan fingerprint density at radius 2 is 2.00 bits per heavy atom. The van der Waals surface area contributed by atoms with Crippen LogP contribution in [0.5, 0.6) is 11.5 Å². The lowest BCUT2D eigenvalue weighted by molar-refractivity contribution is 0.174. The number of anilines is 1. The monoisotopic (exact) mass is 313 g/mol. The topological polar surface area (TPSA) is 30.5 Å². The van der Waals surface area contributed by atoms with E-state index in [0.717, 1.165) is 5.56 Å². The predicted octanol–water partition coefficient (Wildman–Crippen LogP) is 4.47. The zero-order chi connectivity index (χ0) is 14.1. The van der Waals surface area contributed by atoms with E-state index in [-0.39, 0.29) is 11.8 Å². The van der Waals surface area contributed by atoms with Gasteiger partial charge in [0, 0.05) is 6.54 Å². The molecular weight excluding hydrogens is 304 g/mol. The van der Waals surface area contributed by atoms with E-state index in [1.165, 1.54) is 6.07 Å². The lowest BCUT2D eigenvalue weighted by Crippen LogP contribution is -2.01.